The number of hydrogen-bond donors (Lipinski definition) is 2. The molecule has 0 atom stereocenters. The van der Waals surface area contributed by atoms with Crippen molar-refractivity contribution in [1.29, 1.82) is 0 Å². The lowest BCUT2D eigenvalue weighted by Crippen LogP contribution is -2.26. The van der Waals surface area contributed by atoms with Gasteiger partial charge in [0.15, 0.2) is 5.65 Å². The van der Waals surface area contributed by atoms with Crippen LogP contribution in [0.15, 0.2) is 35.3 Å². The topological polar surface area (TPSA) is 110 Å². The normalized spacial score (nSPS) is 14.6. The first-order valence-electron chi connectivity index (χ1n) is 11.3. The Balaban J connectivity index is 1.57. The van der Waals surface area contributed by atoms with E-state index >= 15 is 0 Å². The van der Waals surface area contributed by atoms with E-state index in [1.807, 2.05) is 32.9 Å². The Kier molecular flexibility index (Phi) is 5.32. The molecule has 0 saturated heterocycles. The zero-order chi connectivity index (χ0) is 23.1. The van der Waals surface area contributed by atoms with Crippen LogP contribution >= 0.6 is 0 Å². The van der Waals surface area contributed by atoms with Crippen molar-refractivity contribution in [2.45, 2.75) is 52.9 Å². The van der Waals surface area contributed by atoms with Gasteiger partial charge < -0.3 is 5.32 Å². The molecule has 4 aromatic rings. The Bertz CT molecular complexity index is 1410. The molecule has 9 nitrogen and oxygen atoms in total. The number of carbonyl (C=O) groups is 1. The number of benzene rings is 1. The zero-order valence-corrected chi connectivity index (χ0v) is 19.1. The van der Waals surface area contributed by atoms with E-state index in [-0.39, 0.29) is 23.3 Å². The van der Waals surface area contributed by atoms with Gasteiger partial charge in [-0.25, -0.2) is 4.68 Å². The summed E-state index contributed by atoms with van der Waals surface area (Å²) in [5, 5.41) is 12.3. The first-order chi connectivity index (χ1) is 15.9. The molecule has 0 spiro atoms. The molecule has 1 fully saturated rings. The highest BCUT2D eigenvalue weighted by Gasteiger charge is 2.23. The van der Waals surface area contributed by atoms with Gasteiger partial charge in [0.25, 0.3) is 5.56 Å². The average Bonchev–Trinajstić information content (AvgIpc) is 3.38. The van der Waals surface area contributed by atoms with Crippen molar-refractivity contribution in [3.05, 3.63) is 57.6 Å². The molecule has 33 heavy (non-hydrogen) atoms. The first-order valence-corrected chi connectivity index (χ1v) is 11.3. The number of carbonyl (C=O) groups excluding carboxylic acids is 1. The molecule has 0 unspecified atom stereocenters. The predicted octanol–water partition coefficient (Wildman–Crippen LogP) is 3.74. The highest BCUT2D eigenvalue weighted by atomic mass is 16.2. The van der Waals surface area contributed by atoms with Gasteiger partial charge in [0.05, 0.1) is 17.6 Å². The number of fused-ring (bicyclic) bond motifs is 1. The lowest BCUT2D eigenvalue weighted by atomic mass is 9.89. The lowest BCUT2D eigenvalue weighted by molar-refractivity contribution is -0.120. The third-order valence-electron chi connectivity index (χ3n) is 6.27. The second-order valence-electron chi connectivity index (χ2n) is 8.88. The van der Waals surface area contributed by atoms with Crippen molar-refractivity contribution in [2.75, 3.05) is 5.32 Å². The van der Waals surface area contributed by atoms with E-state index in [2.05, 4.69) is 26.6 Å². The van der Waals surface area contributed by atoms with E-state index in [0.717, 1.165) is 42.5 Å². The summed E-state index contributed by atoms with van der Waals surface area (Å²) >= 11 is 0. The van der Waals surface area contributed by atoms with Crippen LogP contribution in [0, 0.1) is 26.7 Å². The van der Waals surface area contributed by atoms with E-state index in [9.17, 15) is 9.59 Å². The molecule has 1 amide bonds. The monoisotopic (exact) mass is 445 g/mol. The van der Waals surface area contributed by atoms with Gasteiger partial charge in [-0.2, -0.15) is 19.9 Å². The van der Waals surface area contributed by atoms with E-state index in [1.165, 1.54) is 17.3 Å². The first kappa shape index (κ1) is 21.1. The number of nitrogens with zero attached hydrogens (tertiary/aromatic N) is 5. The molecule has 5 rings (SSSR count). The highest BCUT2D eigenvalue weighted by molar-refractivity contribution is 5.92. The molecule has 3 aromatic heterocycles. The number of hydrogen-bond acceptors (Lipinski definition) is 5. The van der Waals surface area contributed by atoms with Gasteiger partial charge in [0, 0.05) is 12.0 Å². The molecule has 0 aliphatic heterocycles. The van der Waals surface area contributed by atoms with Crippen molar-refractivity contribution < 1.29 is 4.79 Å². The molecule has 170 valence electrons. The standard InChI is InChI=1S/C24H27N7O2/c1-14-9-10-19(15(2)11-14)30-21-18(13-25-30)23(33)28-24(27-21)31-20(12-16(3)29-31)26-22(32)17-7-5-4-6-8-17/h9-13,17H,4-8H2,1-3H3,(H,26,32)(H,27,28,33). The molecule has 0 radical (unpaired) electrons. The van der Waals surface area contributed by atoms with Gasteiger partial charge >= 0.3 is 0 Å². The van der Waals surface area contributed by atoms with E-state index in [1.54, 1.807) is 10.7 Å². The van der Waals surface area contributed by atoms with Gasteiger partial charge in [-0.15, -0.1) is 0 Å². The Morgan fingerprint density at radius 1 is 1.09 bits per heavy atom. The van der Waals surface area contributed by atoms with E-state index in [4.69, 9.17) is 4.98 Å². The largest absolute Gasteiger partial charge is 0.310 e. The van der Waals surface area contributed by atoms with Crippen molar-refractivity contribution in [3.8, 4) is 11.6 Å². The number of aromatic nitrogens is 6. The maximum absolute atomic E-state index is 12.9. The molecule has 3 heterocycles. The molecule has 1 saturated carbocycles. The fourth-order valence-corrected chi connectivity index (χ4v) is 4.57. The maximum atomic E-state index is 12.9. The quantitative estimate of drug-likeness (QED) is 0.497. The minimum Gasteiger partial charge on any atom is -0.310 e. The molecule has 1 aliphatic carbocycles. The lowest BCUT2D eigenvalue weighted by Gasteiger charge is -2.20. The van der Waals surface area contributed by atoms with Gasteiger partial charge in [-0.1, -0.05) is 37.0 Å². The number of aryl methyl sites for hydroxylation is 3. The van der Waals surface area contributed by atoms with E-state index < -0.39 is 0 Å². The maximum Gasteiger partial charge on any atom is 0.263 e. The third-order valence-corrected chi connectivity index (χ3v) is 6.27. The van der Waals surface area contributed by atoms with Crippen LogP contribution in [0.4, 0.5) is 5.82 Å². The minimum atomic E-state index is -0.316. The third kappa shape index (κ3) is 3.94. The number of amides is 1. The highest BCUT2D eigenvalue weighted by Crippen LogP contribution is 2.26. The van der Waals surface area contributed by atoms with Gasteiger partial charge in [-0.05, 0) is 45.2 Å². The van der Waals surface area contributed by atoms with Gasteiger partial charge in [-0.3, -0.25) is 14.6 Å². The second-order valence-corrected chi connectivity index (χ2v) is 8.88. The van der Waals surface area contributed by atoms with Gasteiger partial charge in [0.2, 0.25) is 11.9 Å². The Hall–Kier alpha value is -3.75. The molecule has 0 bridgehead atoms. The molecule has 2 N–H and O–H groups in total. The van der Waals surface area contributed by atoms with Crippen molar-refractivity contribution >= 4 is 22.8 Å². The Morgan fingerprint density at radius 2 is 1.88 bits per heavy atom. The Morgan fingerprint density at radius 3 is 2.64 bits per heavy atom. The smallest absolute Gasteiger partial charge is 0.263 e. The summed E-state index contributed by atoms with van der Waals surface area (Å²) in [5.74, 6) is 0.705. The summed E-state index contributed by atoms with van der Waals surface area (Å²) in [7, 11) is 0. The van der Waals surface area contributed by atoms with Crippen LogP contribution in [0.5, 0.6) is 0 Å². The number of nitrogens with one attached hydrogen (secondary N) is 2. The molecular formula is C24H27N7O2. The summed E-state index contributed by atoms with van der Waals surface area (Å²) in [5.41, 5.74) is 3.84. The van der Waals surface area contributed by atoms with Crippen LogP contribution in [0.25, 0.3) is 22.7 Å². The fourth-order valence-electron chi connectivity index (χ4n) is 4.57. The summed E-state index contributed by atoms with van der Waals surface area (Å²) in [6, 6.07) is 7.81. The second kappa shape index (κ2) is 8.31. The predicted molar refractivity (Wildman–Crippen MR) is 126 cm³/mol. The van der Waals surface area contributed by atoms with Crippen LogP contribution in [0.2, 0.25) is 0 Å². The van der Waals surface area contributed by atoms with Gasteiger partial charge in [0.1, 0.15) is 11.2 Å². The SMILES string of the molecule is Cc1ccc(-n2ncc3c(=O)[nH]c(-n4nc(C)cc4NC(=O)C4CCCCC4)nc32)c(C)c1. The number of H-pyrrole nitrogens is 1. The Labute approximate surface area is 190 Å². The number of anilines is 1. The van der Waals surface area contributed by atoms with Crippen molar-refractivity contribution in [2.24, 2.45) is 5.92 Å². The van der Waals surface area contributed by atoms with Crippen LogP contribution in [0.1, 0.15) is 48.9 Å². The average molecular weight is 446 g/mol. The fraction of sp³-hybridized carbons (Fsp3) is 0.375. The van der Waals surface area contributed by atoms with E-state index in [0.29, 0.717) is 22.5 Å². The number of rotatable bonds is 4. The minimum absolute atomic E-state index is 0.00263. The summed E-state index contributed by atoms with van der Waals surface area (Å²) in [4.78, 5) is 33.2. The van der Waals surface area contributed by atoms with Crippen molar-refractivity contribution in [1.82, 2.24) is 29.5 Å². The van der Waals surface area contributed by atoms with Crippen LogP contribution in [-0.2, 0) is 4.79 Å². The van der Waals surface area contributed by atoms with Crippen molar-refractivity contribution in [3.63, 3.8) is 0 Å². The molecular weight excluding hydrogens is 418 g/mol. The van der Waals surface area contributed by atoms with Crippen LogP contribution in [-0.4, -0.2) is 35.4 Å². The summed E-state index contributed by atoms with van der Waals surface area (Å²) in [6.45, 7) is 5.87. The molecule has 1 aromatic carbocycles. The van der Waals surface area contributed by atoms with Crippen LogP contribution < -0.4 is 10.9 Å². The van der Waals surface area contributed by atoms with Crippen LogP contribution in [0.3, 0.4) is 0 Å². The zero-order valence-electron chi connectivity index (χ0n) is 19.1. The molecule has 9 heteroatoms. The molecule has 1 aliphatic rings. The number of aromatic amines is 1. The summed E-state index contributed by atoms with van der Waals surface area (Å²) < 4.78 is 3.15. The summed E-state index contributed by atoms with van der Waals surface area (Å²) in [6.07, 6.45) is 6.64.